The van der Waals surface area contributed by atoms with Gasteiger partial charge in [-0.2, -0.15) is 10.3 Å². The van der Waals surface area contributed by atoms with E-state index in [0.717, 1.165) is 21.3 Å². The zero-order valence-corrected chi connectivity index (χ0v) is 16.0. The third-order valence-corrected chi connectivity index (χ3v) is 5.31. The number of aryl methyl sites for hydroxylation is 2. The number of rotatable bonds is 3. The van der Waals surface area contributed by atoms with Crippen LogP contribution in [0.2, 0.25) is 0 Å². The molecule has 1 aromatic heterocycles. The molecule has 2 aromatic carbocycles. The largest absolute Gasteiger partial charge is 0.468 e. The fourth-order valence-electron chi connectivity index (χ4n) is 2.59. The Morgan fingerprint density at radius 3 is 2.48 bits per heavy atom. The fraction of sp³-hybridized carbons (Fsp3) is 0.200. The first-order valence-electron chi connectivity index (χ1n) is 8.19. The topological polar surface area (TPSA) is 84.5 Å². The maximum absolute atomic E-state index is 12.6. The van der Waals surface area contributed by atoms with Crippen LogP contribution in [0, 0.1) is 25.2 Å². The third kappa shape index (κ3) is 3.81. The number of hydrogen-bond donors (Lipinski definition) is 0. The van der Waals surface area contributed by atoms with Crippen molar-refractivity contribution in [3.05, 3.63) is 63.5 Å². The molecule has 0 bridgehead atoms. The Balaban J connectivity index is 2.14. The van der Waals surface area contributed by atoms with Crippen molar-refractivity contribution in [2.45, 2.75) is 20.4 Å². The number of methoxy groups -OCH3 is 1. The highest BCUT2D eigenvalue weighted by molar-refractivity contribution is 7.16. The Labute approximate surface area is 160 Å². The number of esters is 1. The number of ether oxygens (including phenoxy) is 1. The van der Waals surface area contributed by atoms with Crippen LogP contribution < -0.4 is 4.80 Å². The first-order valence-corrected chi connectivity index (χ1v) is 9.01. The van der Waals surface area contributed by atoms with Gasteiger partial charge in [0.2, 0.25) is 0 Å². The lowest BCUT2D eigenvalue weighted by molar-refractivity contribution is -0.141. The van der Waals surface area contributed by atoms with E-state index < -0.39 is 11.9 Å². The monoisotopic (exact) mass is 379 g/mol. The highest BCUT2D eigenvalue weighted by Crippen LogP contribution is 2.22. The minimum absolute atomic E-state index is 0.0293. The van der Waals surface area contributed by atoms with Crippen LogP contribution in [0.1, 0.15) is 27.0 Å². The molecule has 0 aliphatic rings. The van der Waals surface area contributed by atoms with E-state index in [9.17, 15) is 9.59 Å². The van der Waals surface area contributed by atoms with Crippen molar-refractivity contribution >= 4 is 33.4 Å². The zero-order chi connectivity index (χ0) is 19.6. The van der Waals surface area contributed by atoms with Gasteiger partial charge in [-0.05, 0) is 61.4 Å². The number of carbonyl (C=O) groups excluding carboxylic acids is 2. The van der Waals surface area contributed by atoms with Crippen molar-refractivity contribution in [1.82, 2.24) is 4.57 Å². The molecule has 0 unspecified atom stereocenters. The number of fused-ring (bicyclic) bond motifs is 1. The van der Waals surface area contributed by atoms with E-state index in [1.165, 1.54) is 18.4 Å². The van der Waals surface area contributed by atoms with E-state index in [-0.39, 0.29) is 6.54 Å². The Morgan fingerprint density at radius 1 is 1.19 bits per heavy atom. The second-order valence-electron chi connectivity index (χ2n) is 6.06. The van der Waals surface area contributed by atoms with Crippen LogP contribution in [-0.2, 0) is 16.1 Å². The molecule has 0 aliphatic heterocycles. The minimum Gasteiger partial charge on any atom is -0.468 e. The second-order valence-corrected chi connectivity index (χ2v) is 7.07. The van der Waals surface area contributed by atoms with Crippen molar-refractivity contribution in [2.75, 3.05) is 7.11 Å². The zero-order valence-electron chi connectivity index (χ0n) is 15.1. The number of nitriles is 1. The molecule has 0 spiro atoms. The van der Waals surface area contributed by atoms with Gasteiger partial charge >= 0.3 is 5.97 Å². The minimum atomic E-state index is -0.432. The van der Waals surface area contributed by atoms with Gasteiger partial charge in [0.25, 0.3) is 5.91 Å². The van der Waals surface area contributed by atoms with Crippen LogP contribution >= 0.6 is 11.3 Å². The predicted octanol–water partition coefficient (Wildman–Crippen LogP) is 3.11. The molecule has 136 valence electrons. The van der Waals surface area contributed by atoms with Crippen molar-refractivity contribution < 1.29 is 14.3 Å². The normalized spacial score (nSPS) is 11.4. The molecule has 0 aliphatic carbocycles. The van der Waals surface area contributed by atoms with Gasteiger partial charge < -0.3 is 9.30 Å². The van der Waals surface area contributed by atoms with Gasteiger partial charge in [0.1, 0.15) is 6.54 Å². The van der Waals surface area contributed by atoms with Gasteiger partial charge in [-0.1, -0.05) is 11.3 Å². The molecule has 1 amide bonds. The average Bonchev–Trinajstić information content (AvgIpc) is 2.98. The summed E-state index contributed by atoms with van der Waals surface area (Å²) in [5.74, 6) is -0.849. The van der Waals surface area contributed by atoms with Crippen LogP contribution in [0.5, 0.6) is 0 Å². The van der Waals surface area contributed by atoms with E-state index >= 15 is 0 Å². The molecule has 6 nitrogen and oxygen atoms in total. The number of hydrogen-bond acceptors (Lipinski definition) is 5. The van der Waals surface area contributed by atoms with Crippen molar-refractivity contribution in [3.63, 3.8) is 0 Å². The summed E-state index contributed by atoms with van der Waals surface area (Å²) in [5.41, 5.74) is 3.89. The summed E-state index contributed by atoms with van der Waals surface area (Å²) in [4.78, 5) is 29.1. The molecule has 0 fully saturated rings. The summed E-state index contributed by atoms with van der Waals surface area (Å²) in [6, 6.07) is 12.3. The molecular formula is C20H17N3O3S. The van der Waals surface area contributed by atoms with Crippen LogP contribution in [0.4, 0.5) is 0 Å². The molecule has 0 atom stereocenters. The maximum atomic E-state index is 12.6. The number of aromatic nitrogens is 1. The summed E-state index contributed by atoms with van der Waals surface area (Å²) >= 11 is 1.35. The quantitative estimate of drug-likeness (QED) is 0.655. The van der Waals surface area contributed by atoms with E-state index in [0.29, 0.717) is 15.9 Å². The average molecular weight is 379 g/mol. The Bertz CT molecular complexity index is 1150. The van der Waals surface area contributed by atoms with E-state index in [2.05, 4.69) is 4.99 Å². The van der Waals surface area contributed by atoms with Gasteiger partial charge in [0, 0.05) is 5.56 Å². The lowest BCUT2D eigenvalue weighted by Gasteiger charge is -2.05. The van der Waals surface area contributed by atoms with Crippen LogP contribution in [0.25, 0.3) is 10.2 Å². The lowest BCUT2D eigenvalue weighted by Crippen LogP contribution is -2.22. The number of amides is 1. The van der Waals surface area contributed by atoms with E-state index in [1.807, 2.05) is 32.0 Å². The SMILES string of the molecule is COC(=O)Cn1c(=NC(=O)c2ccc(C#N)cc2)sc2cc(C)c(C)cc21. The highest BCUT2D eigenvalue weighted by Gasteiger charge is 2.13. The molecule has 7 heteroatoms. The van der Waals surface area contributed by atoms with Gasteiger partial charge in [-0.3, -0.25) is 9.59 Å². The summed E-state index contributed by atoms with van der Waals surface area (Å²) in [7, 11) is 1.32. The van der Waals surface area contributed by atoms with Crippen LogP contribution in [0.3, 0.4) is 0 Å². The Morgan fingerprint density at radius 2 is 1.85 bits per heavy atom. The number of carbonyl (C=O) groups is 2. The number of nitrogens with zero attached hydrogens (tertiary/aromatic N) is 3. The lowest BCUT2D eigenvalue weighted by atomic mass is 10.1. The van der Waals surface area contributed by atoms with Crippen LogP contribution in [-0.4, -0.2) is 23.6 Å². The van der Waals surface area contributed by atoms with Gasteiger partial charge in [0.05, 0.1) is 29.0 Å². The molecule has 3 rings (SSSR count). The molecule has 27 heavy (non-hydrogen) atoms. The Hall–Kier alpha value is -3.24. The second kappa shape index (κ2) is 7.56. The predicted molar refractivity (Wildman–Crippen MR) is 102 cm³/mol. The summed E-state index contributed by atoms with van der Waals surface area (Å²) in [5, 5.41) is 8.87. The van der Waals surface area contributed by atoms with Crippen LogP contribution in [0.15, 0.2) is 41.4 Å². The number of thiazole rings is 1. The smallest absolute Gasteiger partial charge is 0.325 e. The Kier molecular flexibility index (Phi) is 5.19. The third-order valence-electron chi connectivity index (χ3n) is 4.27. The van der Waals surface area contributed by atoms with Crippen molar-refractivity contribution in [1.29, 1.82) is 5.26 Å². The summed E-state index contributed by atoms with van der Waals surface area (Å²) in [6.07, 6.45) is 0. The molecular weight excluding hydrogens is 362 g/mol. The first-order chi connectivity index (χ1) is 12.9. The molecule has 0 N–H and O–H groups in total. The van der Waals surface area contributed by atoms with Gasteiger partial charge in [-0.15, -0.1) is 0 Å². The van der Waals surface area contributed by atoms with Gasteiger partial charge in [0.15, 0.2) is 4.80 Å². The summed E-state index contributed by atoms with van der Waals surface area (Å²) < 4.78 is 7.42. The van der Waals surface area contributed by atoms with Gasteiger partial charge in [-0.25, -0.2) is 0 Å². The summed E-state index contributed by atoms with van der Waals surface area (Å²) in [6.45, 7) is 3.98. The molecule has 3 aromatic rings. The molecule has 0 saturated heterocycles. The highest BCUT2D eigenvalue weighted by atomic mass is 32.1. The van der Waals surface area contributed by atoms with E-state index in [1.54, 1.807) is 28.8 Å². The molecule has 1 heterocycles. The number of benzene rings is 2. The maximum Gasteiger partial charge on any atom is 0.325 e. The fourth-order valence-corrected chi connectivity index (χ4v) is 3.70. The molecule has 0 saturated carbocycles. The molecule has 0 radical (unpaired) electrons. The van der Waals surface area contributed by atoms with E-state index in [4.69, 9.17) is 10.00 Å². The standard InChI is InChI=1S/C20H17N3O3S/c1-12-8-16-17(9-13(12)2)27-20(23(16)11-18(24)26-3)22-19(25)15-6-4-14(10-21)5-7-15/h4-9H,11H2,1-3H3. The van der Waals surface area contributed by atoms with Crippen molar-refractivity contribution in [2.24, 2.45) is 4.99 Å². The first kappa shape index (κ1) is 18.5. The van der Waals surface area contributed by atoms with Crippen molar-refractivity contribution in [3.8, 4) is 6.07 Å².